The second-order valence-corrected chi connectivity index (χ2v) is 2.15. The summed E-state index contributed by atoms with van der Waals surface area (Å²) in [5.74, 6) is -3.49. The van der Waals surface area contributed by atoms with E-state index in [1.165, 1.54) is 0 Å². The summed E-state index contributed by atoms with van der Waals surface area (Å²) in [6.45, 7) is 2.72. The first-order chi connectivity index (χ1) is 3.40. The number of hydrogen-bond acceptors (Lipinski definition) is 0. The van der Waals surface area contributed by atoms with Crippen LogP contribution < -0.4 is 0 Å². The van der Waals surface area contributed by atoms with E-state index in [4.69, 9.17) is 0 Å². The van der Waals surface area contributed by atoms with E-state index < -0.39 is 16.6 Å². The predicted molar refractivity (Wildman–Crippen MR) is 23.8 cm³/mol. The highest BCUT2D eigenvalue weighted by molar-refractivity contribution is 6.29. The number of hydrogen-bond donors (Lipinski definition) is 0. The summed E-state index contributed by atoms with van der Waals surface area (Å²) < 4.78 is 35.3. The molecule has 0 spiro atoms. The molecule has 0 aromatic rings. The molecule has 0 saturated heterocycles. The predicted octanol–water partition coefficient (Wildman–Crippen LogP) is 2.10. The molecule has 1 aliphatic rings. The van der Waals surface area contributed by atoms with Crippen molar-refractivity contribution in [1.82, 2.24) is 0 Å². The molecular weight excluding hydrogens is 140 g/mol. The Morgan fingerprint density at radius 3 is 1.50 bits per heavy atom. The Hall–Kier alpha value is -0.180. The molecule has 0 aromatic carbocycles. The van der Waals surface area contributed by atoms with Gasteiger partial charge in [-0.3, -0.25) is 0 Å². The van der Waals surface area contributed by atoms with Gasteiger partial charge in [0, 0.05) is 0 Å². The average Bonchev–Trinajstić information content (AvgIpc) is 1.88. The molecule has 1 aliphatic carbocycles. The van der Waals surface area contributed by atoms with E-state index in [0.717, 1.165) is 0 Å². The second kappa shape index (κ2) is 1.05. The zero-order valence-corrected chi connectivity index (χ0v) is 4.47. The molecule has 0 amide bonds. The normalized spacial score (nSPS) is 42.2. The lowest BCUT2D eigenvalue weighted by Crippen LogP contribution is -2.01. The SMILES string of the molecule is C=C1C(F)(F)C1(F)Cl. The van der Waals surface area contributed by atoms with E-state index >= 15 is 0 Å². The minimum Gasteiger partial charge on any atom is -0.214 e. The van der Waals surface area contributed by atoms with Crippen LogP contribution in [-0.2, 0) is 0 Å². The molecule has 0 radical (unpaired) electrons. The summed E-state index contributed by atoms with van der Waals surface area (Å²) in [6.07, 6.45) is 0. The Kier molecular flexibility index (Phi) is 0.782. The van der Waals surface area contributed by atoms with Crippen LogP contribution in [0.25, 0.3) is 0 Å². The van der Waals surface area contributed by atoms with E-state index in [9.17, 15) is 13.2 Å². The summed E-state index contributed by atoms with van der Waals surface area (Å²) in [5.41, 5.74) is -0.841. The van der Waals surface area contributed by atoms with Crippen molar-refractivity contribution in [3.8, 4) is 0 Å². The first-order valence-corrected chi connectivity index (χ1v) is 2.24. The molecule has 1 atom stereocenters. The zero-order chi connectivity index (χ0) is 6.58. The third-order valence-corrected chi connectivity index (χ3v) is 1.56. The summed E-state index contributed by atoms with van der Waals surface area (Å²) in [4.78, 5) is 0. The van der Waals surface area contributed by atoms with Crippen LogP contribution in [0.4, 0.5) is 13.2 Å². The van der Waals surface area contributed by atoms with Crippen LogP contribution in [0.1, 0.15) is 0 Å². The molecule has 0 nitrogen and oxygen atoms in total. The summed E-state index contributed by atoms with van der Waals surface area (Å²) in [6, 6.07) is 0. The van der Waals surface area contributed by atoms with Crippen LogP contribution in [-0.4, -0.2) is 11.1 Å². The quantitative estimate of drug-likeness (QED) is 0.359. The maximum atomic E-state index is 11.9. The Balaban J connectivity index is 2.88. The Bertz CT molecular complexity index is 133. The van der Waals surface area contributed by atoms with Crippen molar-refractivity contribution in [2.45, 2.75) is 11.1 Å². The fraction of sp³-hybridized carbons (Fsp3) is 0.500. The fourth-order valence-corrected chi connectivity index (χ4v) is 0.529. The van der Waals surface area contributed by atoms with Gasteiger partial charge >= 0.3 is 5.92 Å². The maximum Gasteiger partial charge on any atom is 0.324 e. The lowest BCUT2D eigenvalue weighted by molar-refractivity contribution is 0.0804. The van der Waals surface area contributed by atoms with Gasteiger partial charge < -0.3 is 0 Å². The van der Waals surface area contributed by atoms with Crippen molar-refractivity contribution in [3.05, 3.63) is 12.2 Å². The standard InChI is InChI=1S/C4H2ClF3/c1-2-3(5,6)4(2,7)8/h1H2. The van der Waals surface area contributed by atoms with Crippen molar-refractivity contribution in [3.63, 3.8) is 0 Å². The van der Waals surface area contributed by atoms with Gasteiger partial charge in [0.1, 0.15) is 0 Å². The van der Waals surface area contributed by atoms with E-state index in [1.807, 2.05) is 0 Å². The van der Waals surface area contributed by atoms with Gasteiger partial charge in [0.15, 0.2) is 0 Å². The van der Waals surface area contributed by atoms with Crippen molar-refractivity contribution in [1.29, 1.82) is 0 Å². The molecule has 0 bridgehead atoms. The Morgan fingerprint density at radius 1 is 1.38 bits per heavy atom. The molecule has 0 aromatic heterocycles. The molecule has 0 aliphatic heterocycles. The van der Waals surface area contributed by atoms with Crippen LogP contribution in [0.2, 0.25) is 0 Å². The van der Waals surface area contributed by atoms with Gasteiger partial charge in [0.25, 0.3) is 5.13 Å². The lowest BCUT2D eigenvalue weighted by atomic mass is 10.7. The Morgan fingerprint density at radius 2 is 1.50 bits per heavy atom. The largest absolute Gasteiger partial charge is 0.324 e. The van der Waals surface area contributed by atoms with Gasteiger partial charge in [-0.1, -0.05) is 18.2 Å². The van der Waals surface area contributed by atoms with Crippen LogP contribution in [0.3, 0.4) is 0 Å². The van der Waals surface area contributed by atoms with E-state index in [1.54, 1.807) is 0 Å². The van der Waals surface area contributed by atoms with Crippen LogP contribution in [0, 0.1) is 0 Å². The summed E-state index contributed by atoms with van der Waals surface area (Å²) in [7, 11) is 0. The number of rotatable bonds is 0. The molecule has 1 saturated carbocycles. The first kappa shape index (κ1) is 5.95. The topological polar surface area (TPSA) is 0 Å². The van der Waals surface area contributed by atoms with Gasteiger partial charge in [-0.2, -0.15) is 8.78 Å². The number of halogens is 4. The summed E-state index contributed by atoms with van der Waals surface area (Å²) >= 11 is 4.57. The van der Waals surface area contributed by atoms with Gasteiger partial charge in [-0.05, 0) is 0 Å². The van der Waals surface area contributed by atoms with Crippen molar-refractivity contribution in [2.75, 3.05) is 0 Å². The van der Waals surface area contributed by atoms with Gasteiger partial charge in [-0.25, -0.2) is 4.39 Å². The Labute approximate surface area is 48.9 Å². The van der Waals surface area contributed by atoms with Crippen molar-refractivity contribution < 1.29 is 13.2 Å². The molecule has 0 heterocycles. The first-order valence-electron chi connectivity index (χ1n) is 1.86. The van der Waals surface area contributed by atoms with Crippen LogP contribution in [0.5, 0.6) is 0 Å². The van der Waals surface area contributed by atoms with Gasteiger partial charge in [-0.15, -0.1) is 0 Å². The minimum absolute atomic E-state index is 0.841. The molecule has 1 fully saturated rings. The molecule has 46 valence electrons. The molecular formula is C4H2ClF3. The summed E-state index contributed by atoms with van der Waals surface area (Å²) in [5, 5.41) is -2.95. The van der Waals surface area contributed by atoms with Crippen molar-refractivity contribution in [2.24, 2.45) is 0 Å². The highest BCUT2D eigenvalue weighted by Crippen LogP contribution is 2.62. The highest BCUT2D eigenvalue weighted by Gasteiger charge is 2.77. The van der Waals surface area contributed by atoms with Crippen LogP contribution in [0.15, 0.2) is 12.2 Å². The molecule has 4 heteroatoms. The second-order valence-electron chi connectivity index (χ2n) is 1.63. The van der Waals surface area contributed by atoms with E-state index in [-0.39, 0.29) is 0 Å². The van der Waals surface area contributed by atoms with E-state index in [2.05, 4.69) is 18.2 Å². The molecule has 1 unspecified atom stereocenters. The lowest BCUT2D eigenvalue weighted by Gasteiger charge is -1.87. The number of alkyl halides is 4. The van der Waals surface area contributed by atoms with E-state index in [0.29, 0.717) is 0 Å². The van der Waals surface area contributed by atoms with Crippen LogP contribution >= 0.6 is 11.6 Å². The van der Waals surface area contributed by atoms with Crippen molar-refractivity contribution >= 4 is 11.6 Å². The maximum absolute atomic E-state index is 11.9. The fourth-order valence-electron chi connectivity index (χ4n) is 0.344. The van der Waals surface area contributed by atoms with Gasteiger partial charge in [0.05, 0.1) is 5.57 Å². The highest BCUT2D eigenvalue weighted by atomic mass is 35.5. The van der Waals surface area contributed by atoms with Gasteiger partial charge in [0.2, 0.25) is 0 Å². The average molecular weight is 143 g/mol. The molecule has 0 N–H and O–H groups in total. The molecule has 1 rings (SSSR count). The third-order valence-electron chi connectivity index (χ3n) is 1.09. The zero-order valence-electron chi connectivity index (χ0n) is 3.72. The smallest absolute Gasteiger partial charge is 0.214 e. The number of allylic oxidation sites excluding steroid dienone is 1. The third kappa shape index (κ3) is 0.382. The minimum atomic E-state index is -3.49. The monoisotopic (exact) mass is 142 g/mol. The molecule has 8 heavy (non-hydrogen) atoms.